The lowest BCUT2D eigenvalue weighted by molar-refractivity contribution is -0.120. The molecule has 0 aromatic heterocycles. The van der Waals surface area contributed by atoms with Crippen molar-refractivity contribution in [2.45, 2.75) is 30.1 Å². The Bertz CT molecular complexity index is 776. The molecule has 0 bridgehead atoms. The summed E-state index contributed by atoms with van der Waals surface area (Å²) in [6.45, 7) is -0.769. The van der Waals surface area contributed by atoms with Gasteiger partial charge in [-0.15, -0.1) is 11.8 Å². The number of thioether (sulfide) groups is 1. The average molecular weight is 416 g/mol. The Balaban J connectivity index is 1.88. The van der Waals surface area contributed by atoms with E-state index in [1.54, 1.807) is 25.1 Å². The van der Waals surface area contributed by atoms with Crippen molar-refractivity contribution < 1.29 is 23.0 Å². The van der Waals surface area contributed by atoms with E-state index in [1.165, 1.54) is 24.9 Å². The number of hydrogen-bond donors (Lipinski definition) is 1. The second-order valence-electron chi connectivity index (χ2n) is 5.60. The van der Waals surface area contributed by atoms with Gasteiger partial charge in [0.25, 0.3) is 0 Å². The van der Waals surface area contributed by atoms with Gasteiger partial charge in [0.2, 0.25) is 5.91 Å². The molecule has 8 heteroatoms. The number of ether oxygens (including phenoxy) is 2. The highest BCUT2D eigenvalue weighted by Gasteiger charge is 2.16. The molecule has 0 fully saturated rings. The van der Waals surface area contributed by atoms with E-state index in [1.807, 2.05) is 18.2 Å². The number of nitrogens with one attached hydrogen (secondary N) is 1. The van der Waals surface area contributed by atoms with Crippen molar-refractivity contribution in [3.05, 3.63) is 53.1 Å². The zero-order valence-electron chi connectivity index (χ0n) is 14.9. The van der Waals surface area contributed by atoms with Crippen molar-refractivity contribution in [3.63, 3.8) is 0 Å². The summed E-state index contributed by atoms with van der Waals surface area (Å²) in [4.78, 5) is 13.1. The largest absolute Gasteiger partial charge is 0.493 e. The summed E-state index contributed by atoms with van der Waals surface area (Å²) in [5, 5.41) is 3.12. The first kappa shape index (κ1) is 21.3. The lowest BCUT2D eigenvalue weighted by Crippen LogP contribution is -2.32. The minimum atomic E-state index is -2.93. The lowest BCUT2D eigenvalue weighted by atomic mass is 10.1. The molecule has 0 saturated carbocycles. The first-order valence-electron chi connectivity index (χ1n) is 8.21. The first-order chi connectivity index (χ1) is 12.9. The average Bonchev–Trinajstić information content (AvgIpc) is 2.63. The zero-order chi connectivity index (χ0) is 19.8. The van der Waals surface area contributed by atoms with E-state index in [0.717, 1.165) is 10.5 Å². The summed E-state index contributed by atoms with van der Waals surface area (Å²) >= 11 is 7.48. The van der Waals surface area contributed by atoms with E-state index in [2.05, 4.69) is 10.1 Å². The van der Waals surface area contributed by atoms with Crippen molar-refractivity contribution in [3.8, 4) is 11.5 Å². The van der Waals surface area contributed by atoms with Crippen LogP contribution in [0.5, 0.6) is 11.5 Å². The summed E-state index contributed by atoms with van der Waals surface area (Å²) in [6.07, 6.45) is 0.471. The van der Waals surface area contributed by atoms with Gasteiger partial charge in [-0.25, -0.2) is 0 Å². The van der Waals surface area contributed by atoms with Gasteiger partial charge in [0.1, 0.15) is 0 Å². The molecule has 1 amide bonds. The van der Waals surface area contributed by atoms with Crippen LogP contribution in [0.15, 0.2) is 47.4 Å². The fourth-order valence-electron chi connectivity index (χ4n) is 2.32. The van der Waals surface area contributed by atoms with E-state index in [0.29, 0.717) is 18.0 Å². The third-order valence-electron chi connectivity index (χ3n) is 3.67. The van der Waals surface area contributed by atoms with Crippen LogP contribution >= 0.6 is 23.4 Å². The molecule has 2 aromatic rings. The molecular formula is C19H20ClF2NO3S. The standard InChI is InChI=1S/C19H20ClF2NO3S/c1-12(27-17-6-4-3-5-14(17)20)18(24)23-10-9-13-7-8-15(25-2)16(11-13)26-19(21)22/h3-8,11-12,19H,9-10H2,1-2H3,(H,23,24). The summed E-state index contributed by atoms with van der Waals surface area (Å²) in [5.41, 5.74) is 0.748. The normalized spacial score (nSPS) is 11.9. The Hall–Kier alpha value is -1.99. The predicted octanol–water partition coefficient (Wildman–Crippen LogP) is 4.79. The van der Waals surface area contributed by atoms with Crippen molar-refractivity contribution >= 4 is 29.3 Å². The van der Waals surface area contributed by atoms with Crippen molar-refractivity contribution in [2.24, 2.45) is 0 Å². The van der Waals surface area contributed by atoms with Gasteiger partial charge < -0.3 is 14.8 Å². The molecule has 4 nitrogen and oxygen atoms in total. The Morgan fingerprint density at radius 2 is 1.96 bits per heavy atom. The Kier molecular flexibility index (Phi) is 8.19. The topological polar surface area (TPSA) is 47.6 Å². The molecule has 0 saturated heterocycles. The summed E-state index contributed by atoms with van der Waals surface area (Å²) in [6, 6.07) is 12.1. The highest BCUT2D eigenvalue weighted by molar-refractivity contribution is 8.00. The van der Waals surface area contributed by atoms with Crippen molar-refractivity contribution in [1.29, 1.82) is 0 Å². The van der Waals surface area contributed by atoms with E-state index >= 15 is 0 Å². The molecule has 0 heterocycles. The number of halogens is 3. The number of amides is 1. The van der Waals surface area contributed by atoms with Gasteiger partial charge in [0.15, 0.2) is 11.5 Å². The van der Waals surface area contributed by atoms with Crippen LogP contribution in [0.3, 0.4) is 0 Å². The second kappa shape index (κ2) is 10.4. The van der Waals surface area contributed by atoms with Crippen LogP contribution in [-0.4, -0.2) is 31.4 Å². The van der Waals surface area contributed by atoms with Crippen LogP contribution in [0.25, 0.3) is 0 Å². The fraction of sp³-hybridized carbons (Fsp3) is 0.316. The number of alkyl halides is 2. The van der Waals surface area contributed by atoms with Gasteiger partial charge in [-0.05, 0) is 43.2 Å². The smallest absolute Gasteiger partial charge is 0.387 e. The monoisotopic (exact) mass is 415 g/mol. The molecule has 0 aliphatic rings. The molecule has 0 aliphatic carbocycles. The number of rotatable bonds is 9. The Morgan fingerprint density at radius 1 is 1.22 bits per heavy atom. The van der Waals surface area contributed by atoms with Gasteiger partial charge in [0, 0.05) is 11.4 Å². The summed E-state index contributed by atoms with van der Waals surface area (Å²) < 4.78 is 34.4. The SMILES string of the molecule is COc1ccc(CCNC(=O)C(C)Sc2ccccc2Cl)cc1OC(F)F. The third-order valence-corrected chi connectivity index (χ3v) is 5.29. The van der Waals surface area contributed by atoms with Crippen LogP contribution in [0.4, 0.5) is 8.78 Å². The number of carbonyl (C=O) groups is 1. The Morgan fingerprint density at radius 3 is 2.63 bits per heavy atom. The highest BCUT2D eigenvalue weighted by atomic mass is 35.5. The van der Waals surface area contributed by atoms with Crippen LogP contribution in [-0.2, 0) is 11.2 Å². The van der Waals surface area contributed by atoms with Crippen LogP contribution < -0.4 is 14.8 Å². The molecule has 1 N–H and O–H groups in total. The van der Waals surface area contributed by atoms with Gasteiger partial charge >= 0.3 is 6.61 Å². The first-order valence-corrected chi connectivity index (χ1v) is 9.47. The van der Waals surface area contributed by atoms with E-state index < -0.39 is 6.61 Å². The number of hydrogen-bond acceptors (Lipinski definition) is 4. The third kappa shape index (κ3) is 6.59. The minimum absolute atomic E-state index is 0.0287. The molecule has 0 aliphatic heterocycles. The van der Waals surface area contributed by atoms with Crippen LogP contribution in [0, 0.1) is 0 Å². The second-order valence-corrected chi connectivity index (χ2v) is 7.39. The highest BCUT2D eigenvalue weighted by Crippen LogP contribution is 2.31. The van der Waals surface area contributed by atoms with Gasteiger partial charge in [-0.3, -0.25) is 4.79 Å². The quantitative estimate of drug-likeness (QED) is 0.598. The van der Waals surface area contributed by atoms with Crippen LogP contribution in [0.1, 0.15) is 12.5 Å². The van der Waals surface area contributed by atoms with E-state index in [4.69, 9.17) is 16.3 Å². The van der Waals surface area contributed by atoms with Crippen molar-refractivity contribution in [1.82, 2.24) is 5.32 Å². The summed E-state index contributed by atoms with van der Waals surface area (Å²) in [5.74, 6) is 0.0734. The maximum absolute atomic E-state index is 12.5. The number of carbonyl (C=O) groups excluding carboxylic acids is 1. The van der Waals surface area contributed by atoms with Crippen molar-refractivity contribution in [2.75, 3.05) is 13.7 Å². The zero-order valence-corrected chi connectivity index (χ0v) is 16.4. The van der Waals surface area contributed by atoms with Gasteiger partial charge in [-0.1, -0.05) is 29.8 Å². The molecular weight excluding hydrogens is 396 g/mol. The minimum Gasteiger partial charge on any atom is -0.493 e. The summed E-state index contributed by atoms with van der Waals surface area (Å²) in [7, 11) is 1.38. The fourth-order valence-corrected chi connectivity index (χ4v) is 3.50. The maximum atomic E-state index is 12.5. The maximum Gasteiger partial charge on any atom is 0.387 e. The molecule has 2 rings (SSSR count). The molecule has 2 aromatic carbocycles. The lowest BCUT2D eigenvalue weighted by Gasteiger charge is -2.14. The Labute approximate surface area is 166 Å². The van der Waals surface area contributed by atoms with E-state index in [-0.39, 0.29) is 22.7 Å². The molecule has 1 atom stereocenters. The van der Waals surface area contributed by atoms with Crippen LogP contribution in [0.2, 0.25) is 5.02 Å². The molecule has 27 heavy (non-hydrogen) atoms. The van der Waals surface area contributed by atoms with Gasteiger partial charge in [0.05, 0.1) is 17.4 Å². The number of methoxy groups -OCH3 is 1. The predicted molar refractivity (Wildman–Crippen MR) is 103 cm³/mol. The molecule has 0 radical (unpaired) electrons. The number of benzene rings is 2. The van der Waals surface area contributed by atoms with E-state index in [9.17, 15) is 13.6 Å². The molecule has 146 valence electrons. The molecule has 0 spiro atoms. The van der Waals surface area contributed by atoms with Gasteiger partial charge in [-0.2, -0.15) is 8.78 Å². The molecule has 1 unspecified atom stereocenters.